The number of rotatable bonds is 7. The van der Waals surface area contributed by atoms with Crippen molar-refractivity contribution >= 4 is 10.0 Å². The molecule has 0 spiro atoms. The van der Waals surface area contributed by atoms with E-state index in [0.29, 0.717) is 23.4 Å². The summed E-state index contributed by atoms with van der Waals surface area (Å²) in [6.45, 7) is 2.69. The number of nitrogens with one attached hydrogen (secondary N) is 3. The standard InChI is InChI=1S/C15H25N3O2S/c1-11(12-4-2-3-5-12)18-21(19,20)15-8-14(17-10-15)9-16-13-6-7-13/h8,10-13,16-18H,2-7,9H2,1H3. The molecule has 0 bridgehead atoms. The van der Waals surface area contributed by atoms with Crippen molar-refractivity contribution in [3.63, 3.8) is 0 Å². The number of sulfonamides is 1. The van der Waals surface area contributed by atoms with Crippen LogP contribution in [0.25, 0.3) is 0 Å². The first kappa shape index (κ1) is 15.1. The molecule has 3 N–H and O–H groups in total. The summed E-state index contributed by atoms with van der Waals surface area (Å²) in [6, 6.07) is 2.37. The Morgan fingerprint density at radius 3 is 2.67 bits per heavy atom. The van der Waals surface area contributed by atoms with Crippen LogP contribution in [0.2, 0.25) is 0 Å². The van der Waals surface area contributed by atoms with Gasteiger partial charge < -0.3 is 10.3 Å². The van der Waals surface area contributed by atoms with Crippen LogP contribution in [-0.2, 0) is 16.6 Å². The van der Waals surface area contributed by atoms with E-state index in [9.17, 15) is 8.42 Å². The van der Waals surface area contributed by atoms with Crippen LogP contribution >= 0.6 is 0 Å². The first-order chi connectivity index (χ1) is 10.0. The molecule has 2 aliphatic rings. The molecule has 3 rings (SSSR count). The van der Waals surface area contributed by atoms with Crippen molar-refractivity contribution in [2.45, 2.75) is 69.0 Å². The zero-order valence-corrected chi connectivity index (χ0v) is 13.4. The molecule has 0 amide bonds. The molecule has 0 radical (unpaired) electrons. The van der Waals surface area contributed by atoms with Crippen LogP contribution in [0.15, 0.2) is 17.2 Å². The lowest BCUT2D eigenvalue weighted by Crippen LogP contribution is -2.37. The molecule has 1 aromatic rings. The molecule has 0 saturated heterocycles. The van der Waals surface area contributed by atoms with Gasteiger partial charge >= 0.3 is 0 Å². The SMILES string of the molecule is CC(NS(=O)(=O)c1c[nH]c(CNC2CC2)c1)C1CCCC1. The van der Waals surface area contributed by atoms with Crippen molar-refractivity contribution in [2.75, 3.05) is 0 Å². The molecule has 1 atom stereocenters. The Labute approximate surface area is 127 Å². The van der Waals surface area contributed by atoms with E-state index in [1.54, 1.807) is 12.3 Å². The fourth-order valence-electron chi connectivity index (χ4n) is 3.08. The number of H-pyrrole nitrogens is 1. The van der Waals surface area contributed by atoms with Crippen molar-refractivity contribution in [1.82, 2.24) is 15.0 Å². The number of aromatic amines is 1. The van der Waals surface area contributed by atoms with Gasteiger partial charge in [0.25, 0.3) is 0 Å². The van der Waals surface area contributed by atoms with Crippen molar-refractivity contribution < 1.29 is 8.42 Å². The summed E-state index contributed by atoms with van der Waals surface area (Å²) in [5.41, 5.74) is 0.927. The van der Waals surface area contributed by atoms with Crippen LogP contribution in [-0.4, -0.2) is 25.5 Å². The zero-order chi connectivity index (χ0) is 14.9. The second-order valence-corrected chi connectivity index (χ2v) is 8.18. The first-order valence-electron chi connectivity index (χ1n) is 7.97. The van der Waals surface area contributed by atoms with Crippen LogP contribution in [0.1, 0.15) is 51.1 Å². The summed E-state index contributed by atoms with van der Waals surface area (Å²) in [5, 5.41) is 3.38. The van der Waals surface area contributed by atoms with E-state index < -0.39 is 10.0 Å². The van der Waals surface area contributed by atoms with E-state index in [1.807, 2.05) is 6.92 Å². The normalized spacial score (nSPS) is 21.8. The van der Waals surface area contributed by atoms with Crippen LogP contribution < -0.4 is 10.0 Å². The van der Waals surface area contributed by atoms with Gasteiger partial charge in [-0.2, -0.15) is 0 Å². The van der Waals surface area contributed by atoms with Crippen molar-refractivity contribution in [3.8, 4) is 0 Å². The van der Waals surface area contributed by atoms with E-state index >= 15 is 0 Å². The lowest BCUT2D eigenvalue weighted by atomic mass is 10.0. The van der Waals surface area contributed by atoms with Gasteiger partial charge in [0.2, 0.25) is 10.0 Å². The van der Waals surface area contributed by atoms with Crippen LogP contribution in [0, 0.1) is 5.92 Å². The molecule has 2 fully saturated rings. The Balaban J connectivity index is 1.60. The van der Waals surface area contributed by atoms with Gasteiger partial charge in [0.05, 0.1) is 4.90 Å². The molecule has 2 saturated carbocycles. The van der Waals surface area contributed by atoms with Gasteiger partial charge in [-0.15, -0.1) is 0 Å². The molecule has 5 nitrogen and oxygen atoms in total. The summed E-state index contributed by atoms with van der Waals surface area (Å²) in [4.78, 5) is 3.40. The molecule has 2 aliphatic carbocycles. The van der Waals surface area contributed by atoms with Gasteiger partial charge in [0.1, 0.15) is 0 Å². The largest absolute Gasteiger partial charge is 0.363 e. The number of aromatic nitrogens is 1. The third-order valence-corrected chi connectivity index (χ3v) is 6.17. The van der Waals surface area contributed by atoms with E-state index in [2.05, 4.69) is 15.0 Å². The summed E-state index contributed by atoms with van der Waals surface area (Å²) in [7, 11) is -3.41. The third kappa shape index (κ3) is 3.87. The van der Waals surface area contributed by atoms with E-state index in [0.717, 1.165) is 18.5 Å². The Hall–Kier alpha value is -0.850. The maximum Gasteiger partial charge on any atom is 0.242 e. The smallest absolute Gasteiger partial charge is 0.242 e. The van der Waals surface area contributed by atoms with Gasteiger partial charge in [0, 0.05) is 30.5 Å². The van der Waals surface area contributed by atoms with Gasteiger partial charge in [-0.05, 0) is 44.6 Å². The lowest BCUT2D eigenvalue weighted by molar-refractivity contribution is 0.424. The van der Waals surface area contributed by atoms with Crippen molar-refractivity contribution in [3.05, 3.63) is 18.0 Å². The highest BCUT2D eigenvalue weighted by molar-refractivity contribution is 7.89. The average Bonchev–Trinajstić information content (AvgIpc) is 2.96. The fourth-order valence-corrected chi connectivity index (χ4v) is 4.41. The Morgan fingerprint density at radius 1 is 1.29 bits per heavy atom. The average molecular weight is 311 g/mol. The predicted octanol–water partition coefficient (Wildman–Crippen LogP) is 2.12. The number of hydrogen-bond acceptors (Lipinski definition) is 3. The minimum absolute atomic E-state index is 0.0143. The van der Waals surface area contributed by atoms with E-state index in [1.165, 1.54) is 25.7 Å². The zero-order valence-electron chi connectivity index (χ0n) is 12.6. The monoisotopic (exact) mass is 311 g/mol. The Morgan fingerprint density at radius 2 is 2.00 bits per heavy atom. The fraction of sp³-hybridized carbons (Fsp3) is 0.733. The summed E-state index contributed by atoms with van der Waals surface area (Å²) in [6.07, 6.45) is 8.75. The second kappa shape index (κ2) is 6.10. The van der Waals surface area contributed by atoms with Crippen LogP contribution in [0.3, 0.4) is 0 Å². The molecule has 0 aromatic carbocycles. The summed E-state index contributed by atoms with van der Waals surface area (Å²) < 4.78 is 27.7. The van der Waals surface area contributed by atoms with Gasteiger partial charge in [-0.25, -0.2) is 13.1 Å². The maximum atomic E-state index is 12.4. The van der Waals surface area contributed by atoms with Gasteiger partial charge in [-0.3, -0.25) is 0 Å². The maximum absolute atomic E-state index is 12.4. The molecule has 6 heteroatoms. The minimum Gasteiger partial charge on any atom is -0.363 e. The topological polar surface area (TPSA) is 74.0 Å². The molecular weight excluding hydrogens is 286 g/mol. The Bertz CT molecular complexity index is 571. The van der Waals surface area contributed by atoms with Crippen molar-refractivity contribution in [2.24, 2.45) is 5.92 Å². The summed E-state index contributed by atoms with van der Waals surface area (Å²) >= 11 is 0. The van der Waals surface area contributed by atoms with Gasteiger partial charge in [0.15, 0.2) is 0 Å². The highest BCUT2D eigenvalue weighted by Crippen LogP contribution is 2.28. The molecule has 118 valence electrons. The molecule has 1 heterocycles. The molecule has 1 aromatic heterocycles. The van der Waals surface area contributed by atoms with E-state index in [4.69, 9.17) is 0 Å². The highest BCUT2D eigenvalue weighted by Gasteiger charge is 2.27. The van der Waals surface area contributed by atoms with Gasteiger partial charge in [-0.1, -0.05) is 12.8 Å². The Kier molecular flexibility index (Phi) is 4.38. The van der Waals surface area contributed by atoms with Crippen LogP contribution in [0.5, 0.6) is 0 Å². The van der Waals surface area contributed by atoms with Crippen LogP contribution in [0.4, 0.5) is 0 Å². The number of hydrogen-bond donors (Lipinski definition) is 3. The quantitative estimate of drug-likeness (QED) is 0.722. The third-order valence-electron chi connectivity index (χ3n) is 4.63. The summed E-state index contributed by atoms with van der Waals surface area (Å²) in [5.74, 6) is 0.481. The first-order valence-corrected chi connectivity index (χ1v) is 9.46. The molecular formula is C15H25N3O2S. The predicted molar refractivity (Wildman–Crippen MR) is 82.4 cm³/mol. The second-order valence-electron chi connectivity index (χ2n) is 6.47. The molecule has 1 unspecified atom stereocenters. The lowest BCUT2D eigenvalue weighted by Gasteiger charge is -2.19. The molecule has 0 aliphatic heterocycles. The minimum atomic E-state index is -3.41. The van der Waals surface area contributed by atoms with E-state index in [-0.39, 0.29) is 6.04 Å². The highest BCUT2D eigenvalue weighted by atomic mass is 32.2. The molecule has 21 heavy (non-hydrogen) atoms. The van der Waals surface area contributed by atoms with Crippen molar-refractivity contribution in [1.29, 1.82) is 0 Å².